The van der Waals surface area contributed by atoms with E-state index in [1.165, 1.54) is 25.3 Å². The van der Waals surface area contributed by atoms with Gasteiger partial charge in [0.15, 0.2) is 0 Å². The average Bonchev–Trinajstić information content (AvgIpc) is 2.46. The Morgan fingerprint density at radius 3 is 2.59 bits per heavy atom. The Morgan fingerprint density at radius 2 is 1.95 bits per heavy atom. The molecular formula is C14H13BrN2O4S. The molecule has 0 aliphatic carbocycles. The molecule has 2 aromatic carbocycles. The van der Waals surface area contributed by atoms with Gasteiger partial charge in [-0.2, -0.15) is 0 Å². The number of hydrogen-bond acceptors (Lipinski definition) is 4. The van der Waals surface area contributed by atoms with Crippen molar-refractivity contribution in [2.75, 3.05) is 12.4 Å². The van der Waals surface area contributed by atoms with Crippen LogP contribution in [0.5, 0.6) is 5.75 Å². The zero-order chi connectivity index (χ0) is 16.3. The number of carbonyl (C=O) groups is 1. The number of amides is 1. The van der Waals surface area contributed by atoms with Gasteiger partial charge in [0.1, 0.15) is 5.75 Å². The van der Waals surface area contributed by atoms with E-state index in [1.807, 2.05) is 0 Å². The predicted octanol–water partition coefficient (Wildman–Crippen LogP) is 2.36. The van der Waals surface area contributed by atoms with Crippen LogP contribution >= 0.6 is 15.9 Å². The number of halogens is 1. The molecular weight excluding hydrogens is 372 g/mol. The van der Waals surface area contributed by atoms with E-state index in [0.29, 0.717) is 17.0 Å². The number of methoxy groups -OCH3 is 1. The first-order valence-electron chi connectivity index (χ1n) is 6.09. The molecule has 0 saturated heterocycles. The smallest absolute Gasteiger partial charge is 0.259 e. The number of anilines is 1. The molecule has 0 aliphatic rings. The second-order valence-electron chi connectivity index (χ2n) is 4.37. The van der Waals surface area contributed by atoms with Crippen molar-refractivity contribution in [1.82, 2.24) is 0 Å². The third-order valence-electron chi connectivity index (χ3n) is 2.83. The highest BCUT2D eigenvalue weighted by Gasteiger charge is 2.14. The first-order chi connectivity index (χ1) is 10.3. The number of nitrogens with two attached hydrogens (primary N) is 1. The molecule has 0 spiro atoms. The first-order valence-corrected chi connectivity index (χ1v) is 8.43. The minimum absolute atomic E-state index is 0.0773. The zero-order valence-corrected chi connectivity index (χ0v) is 13.9. The van der Waals surface area contributed by atoms with Gasteiger partial charge in [0.2, 0.25) is 10.0 Å². The SMILES string of the molecule is COc1ccc(Br)cc1C(=O)Nc1cccc(S(N)(=O)=O)c1. The van der Waals surface area contributed by atoms with Crippen molar-refractivity contribution in [2.24, 2.45) is 5.14 Å². The van der Waals surface area contributed by atoms with E-state index >= 15 is 0 Å². The fourth-order valence-electron chi connectivity index (χ4n) is 1.81. The lowest BCUT2D eigenvalue weighted by molar-refractivity contribution is 0.102. The van der Waals surface area contributed by atoms with Crippen LogP contribution in [-0.2, 0) is 10.0 Å². The molecule has 0 aliphatic heterocycles. The Hall–Kier alpha value is -1.90. The van der Waals surface area contributed by atoms with E-state index in [4.69, 9.17) is 9.88 Å². The molecule has 0 radical (unpaired) electrons. The number of benzene rings is 2. The summed E-state index contributed by atoms with van der Waals surface area (Å²) < 4.78 is 28.5. The van der Waals surface area contributed by atoms with E-state index in [9.17, 15) is 13.2 Å². The summed E-state index contributed by atoms with van der Waals surface area (Å²) in [6, 6.07) is 10.7. The zero-order valence-electron chi connectivity index (χ0n) is 11.5. The lowest BCUT2D eigenvalue weighted by Gasteiger charge is -2.10. The highest BCUT2D eigenvalue weighted by molar-refractivity contribution is 9.10. The van der Waals surface area contributed by atoms with Gasteiger partial charge in [0, 0.05) is 10.2 Å². The summed E-state index contributed by atoms with van der Waals surface area (Å²) >= 11 is 3.29. The summed E-state index contributed by atoms with van der Waals surface area (Å²) in [4.78, 5) is 12.2. The first kappa shape index (κ1) is 16.5. The standard InChI is InChI=1S/C14H13BrN2O4S/c1-21-13-6-5-9(15)7-12(13)14(18)17-10-3-2-4-11(8-10)22(16,19)20/h2-8H,1H3,(H,17,18)(H2,16,19,20). The van der Waals surface area contributed by atoms with Crippen LogP contribution in [-0.4, -0.2) is 21.4 Å². The monoisotopic (exact) mass is 384 g/mol. The average molecular weight is 385 g/mol. The largest absolute Gasteiger partial charge is 0.496 e. The fourth-order valence-corrected chi connectivity index (χ4v) is 2.73. The van der Waals surface area contributed by atoms with Gasteiger partial charge in [0.05, 0.1) is 17.6 Å². The topological polar surface area (TPSA) is 98.5 Å². The maximum absolute atomic E-state index is 12.3. The van der Waals surface area contributed by atoms with Crippen molar-refractivity contribution in [3.8, 4) is 5.75 Å². The van der Waals surface area contributed by atoms with Crippen LogP contribution in [0.1, 0.15) is 10.4 Å². The van der Waals surface area contributed by atoms with Gasteiger partial charge < -0.3 is 10.1 Å². The van der Waals surface area contributed by atoms with Crippen LogP contribution in [0, 0.1) is 0 Å². The van der Waals surface area contributed by atoms with Gasteiger partial charge in [-0.25, -0.2) is 13.6 Å². The third kappa shape index (κ3) is 3.85. The highest BCUT2D eigenvalue weighted by Crippen LogP contribution is 2.24. The van der Waals surface area contributed by atoms with Gasteiger partial charge in [0.25, 0.3) is 5.91 Å². The van der Waals surface area contributed by atoms with Gasteiger partial charge in [-0.3, -0.25) is 4.79 Å². The van der Waals surface area contributed by atoms with Gasteiger partial charge >= 0.3 is 0 Å². The molecule has 0 fully saturated rings. The van der Waals surface area contributed by atoms with Crippen LogP contribution in [0.15, 0.2) is 51.8 Å². The molecule has 22 heavy (non-hydrogen) atoms. The van der Waals surface area contributed by atoms with Crippen molar-refractivity contribution in [2.45, 2.75) is 4.90 Å². The summed E-state index contributed by atoms with van der Waals surface area (Å²) in [5.41, 5.74) is 0.636. The molecule has 116 valence electrons. The second-order valence-corrected chi connectivity index (χ2v) is 6.85. The quantitative estimate of drug-likeness (QED) is 0.844. The van der Waals surface area contributed by atoms with E-state index in [-0.39, 0.29) is 4.90 Å². The Bertz CT molecular complexity index is 821. The molecule has 6 nitrogen and oxygen atoms in total. The molecule has 2 rings (SSSR count). The minimum Gasteiger partial charge on any atom is -0.496 e. The Labute approximate surface area is 136 Å². The lowest BCUT2D eigenvalue weighted by Crippen LogP contribution is -2.15. The van der Waals surface area contributed by atoms with Crippen LogP contribution in [0.4, 0.5) is 5.69 Å². The van der Waals surface area contributed by atoms with E-state index < -0.39 is 15.9 Å². The molecule has 0 atom stereocenters. The maximum Gasteiger partial charge on any atom is 0.259 e. The lowest BCUT2D eigenvalue weighted by atomic mass is 10.2. The van der Waals surface area contributed by atoms with Crippen LogP contribution in [0.3, 0.4) is 0 Å². The summed E-state index contributed by atoms with van der Waals surface area (Å²) in [6.07, 6.45) is 0. The number of primary sulfonamides is 1. The molecule has 1 amide bonds. The number of nitrogens with one attached hydrogen (secondary N) is 1. The number of sulfonamides is 1. The number of ether oxygens (including phenoxy) is 1. The Kier molecular flexibility index (Phi) is 4.84. The van der Waals surface area contributed by atoms with Crippen LogP contribution in [0.2, 0.25) is 0 Å². The molecule has 8 heteroatoms. The molecule has 0 bridgehead atoms. The van der Waals surface area contributed by atoms with E-state index in [2.05, 4.69) is 21.2 Å². The molecule has 0 unspecified atom stereocenters. The Balaban J connectivity index is 2.32. The van der Waals surface area contributed by atoms with Crippen molar-refractivity contribution in [3.05, 3.63) is 52.5 Å². The van der Waals surface area contributed by atoms with Crippen molar-refractivity contribution in [3.63, 3.8) is 0 Å². The highest BCUT2D eigenvalue weighted by atomic mass is 79.9. The van der Waals surface area contributed by atoms with Crippen LogP contribution < -0.4 is 15.2 Å². The van der Waals surface area contributed by atoms with Crippen molar-refractivity contribution in [1.29, 1.82) is 0 Å². The van der Waals surface area contributed by atoms with Crippen molar-refractivity contribution >= 4 is 37.5 Å². The van der Waals surface area contributed by atoms with Crippen molar-refractivity contribution < 1.29 is 17.9 Å². The fraction of sp³-hybridized carbons (Fsp3) is 0.0714. The third-order valence-corrected chi connectivity index (χ3v) is 4.23. The van der Waals surface area contributed by atoms with E-state index in [0.717, 1.165) is 4.47 Å². The van der Waals surface area contributed by atoms with Gasteiger partial charge in [-0.1, -0.05) is 22.0 Å². The Morgan fingerprint density at radius 1 is 1.23 bits per heavy atom. The summed E-state index contributed by atoms with van der Waals surface area (Å²) in [7, 11) is -2.37. The van der Waals surface area contributed by atoms with Gasteiger partial charge in [-0.15, -0.1) is 0 Å². The minimum atomic E-state index is -3.83. The maximum atomic E-state index is 12.3. The summed E-state index contributed by atoms with van der Waals surface area (Å²) in [6.45, 7) is 0. The number of rotatable bonds is 4. The van der Waals surface area contributed by atoms with Gasteiger partial charge in [-0.05, 0) is 36.4 Å². The molecule has 3 N–H and O–H groups in total. The molecule has 0 heterocycles. The summed E-state index contributed by atoms with van der Waals surface area (Å²) in [5.74, 6) is -0.0204. The normalized spacial score (nSPS) is 11.0. The van der Waals surface area contributed by atoms with Crippen LogP contribution in [0.25, 0.3) is 0 Å². The number of hydrogen-bond donors (Lipinski definition) is 2. The summed E-state index contributed by atoms with van der Waals surface area (Å²) in [5, 5.41) is 7.68. The molecule has 2 aromatic rings. The molecule has 0 saturated carbocycles. The second kappa shape index (κ2) is 6.47. The predicted molar refractivity (Wildman–Crippen MR) is 86.5 cm³/mol. The number of carbonyl (C=O) groups excluding carboxylic acids is 1. The van der Waals surface area contributed by atoms with E-state index in [1.54, 1.807) is 24.3 Å². The molecule has 0 aromatic heterocycles.